The van der Waals surface area contributed by atoms with Crippen LogP contribution in [-0.2, 0) is 9.59 Å². The summed E-state index contributed by atoms with van der Waals surface area (Å²) < 4.78 is 5.06. The second-order valence-electron chi connectivity index (χ2n) is 5.14. The molecule has 1 unspecified atom stereocenters. The van der Waals surface area contributed by atoms with Gasteiger partial charge >= 0.3 is 0 Å². The van der Waals surface area contributed by atoms with Crippen LogP contribution in [0, 0.1) is 5.92 Å². The normalized spacial score (nSPS) is 20.4. The molecule has 1 aromatic carbocycles. The number of dihydropyridines is 1. The van der Waals surface area contributed by atoms with Gasteiger partial charge in [-0.3, -0.25) is 9.59 Å². The Balaban J connectivity index is 1.73. The first kappa shape index (κ1) is 13.5. The van der Waals surface area contributed by atoms with Crippen LogP contribution < -0.4 is 10.1 Å². The first-order chi connectivity index (χ1) is 10.2. The molecule has 1 saturated carbocycles. The molecule has 2 aliphatic rings. The predicted octanol–water partition coefficient (Wildman–Crippen LogP) is 2.34. The van der Waals surface area contributed by atoms with E-state index in [0.29, 0.717) is 11.4 Å². The molecule has 1 aliphatic carbocycles. The van der Waals surface area contributed by atoms with Crippen molar-refractivity contribution < 1.29 is 14.3 Å². The van der Waals surface area contributed by atoms with Crippen LogP contribution in [0.4, 0.5) is 5.69 Å². The van der Waals surface area contributed by atoms with Crippen LogP contribution in [0.5, 0.6) is 5.75 Å². The smallest absolute Gasteiger partial charge is 0.262 e. The molecule has 0 spiro atoms. The van der Waals surface area contributed by atoms with Gasteiger partial charge in [0.1, 0.15) is 11.7 Å². The van der Waals surface area contributed by atoms with E-state index in [-0.39, 0.29) is 11.8 Å². The van der Waals surface area contributed by atoms with Gasteiger partial charge < -0.3 is 10.1 Å². The molecule has 1 atom stereocenters. The third kappa shape index (κ3) is 2.72. The highest BCUT2D eigenvalue weighted by molar-refractivity contribution is 6.17. The van der Waals surface area contributed by atoms with Crippen LogP contribution in [0.2, 0.25) is 0 Å². The van der Waals surface area contributed by atoms with E-state index in [9.17, 15) is 9.59 Å². The Morgan fingerprint density at radius 2 is 2.05 bits per heavy atom. The molecule has 5 nitrogen and oxygen atoms in total. The average molecular weight is 284 g/mol. The summed E-state index contributed by atoms with van der Waals surface area (Å²) in [4.78, 5) is 28.2. The summed E-state index contributed by atoms with van der Waals surface area (Å²) in [5.41, 5.74) is 2.53. The minimum atomic E-state index is -0.816. The Hall–Kier alpha value is -2.43. The molecular formula is C16H16N2O3. The second kappa shape index (κ2) is 5.52. The second-order valence-corrected chi connectivity index (χ2v) is 5.14. The van der Waals surface area contributed by atoms with Crippen LogP contribution in [0.3, 0.4) is 0 Å². The Kier molecular flexibility index (Phi) is 3.56. The maximum atomic E-state index is 12.2. The van der Waals surface area contributed by atoms with E-state index in [1.807, 2.05) is 0 Å². The molecule has 1 heterocycles. The van der Waals surface area contributed by atoms with E-state index >= 15 is 0 Å². The highest BCUT2D eigenvalue weighted by Gasteiger charge is 2.31. The predicted molar refractivity (Wildman–Crippen MR) is 79.5 cm³/mol. The van der Waals surface area contributed by atoms with Crippen molar-refractivity contribution in [1.82, 2.24) is 0 Å². The summed E-state index contributed by atoms with van der Waals surface area (Å²) in [6, 6.07) is 6.98. The Bertz CT molecular complexity index is 644. The number of methoxy groups -OCH3 is 1. The topological polar surface area (TPSA) is 67.8 Å². The van der Waals surface area contributed by atoms with Crippen molar-refractivity contribution in [3.63, 3.8) is 0 Å². The minimum absolute atomic E-state index is 0.340. The van der Waals surface area contributed by atoms with E-state index in [1.54, 1.807) is 37.5 Å². The van der Waals surface area contributed by atoms with Crippen molar-refractivity contribution >= 4 is 23.2 Å². The molecule has 0 radical (unpaired) electrons. The molecule has 5 heteroatoms. The molecule has 1 aromatic rings. The number of anilines is 1. The largest absolute Gasteiger partial charge is 0.497 e. The number of aliphatic imine (C=N–C) groups is 1. The van der Waals surface area contributed by atoms with Gasteiger partial charge in [-0.15, -0.1) is 0 Å². The molecule has 3 rings (SSSR count). The van der Waals surface area contributed by atoms with Crippen molar-refractivity contribution in [2.75, 3.05) is 12.4 Å². The number of ether oxygens (including phenoxy) is 1. The Morgan fingerprint density at radius 1 is 1.29 bits per heavy atom. The molecule has 0 bridgehead atoms. The molecule has 0 saturated heterocycles. The third-order valence-electron chi connectivity index (χ3n) is 3.75. The zero-order valence-electron chi connectivity index (χ0n) is 11.8. The van der Waals surface area contributed by atoms with E-state index in [0.717, 1.165) is 30.5 Å². The molecule has 21 heavy (non-hydrogen) atoms. The number of nitrogens with zero attached hydrogens (tertiary/aromatic N) is 1. The van der Waals surface area contributed by atoms with Crippen molar-refractivity contribution in [1.29, 1.82) is 0 Å². The fourth-order valence-corrected chi connectivity index (χ4v) is 2.62. The van der Waals surface area contributed by atoms with E-state index < -0.39 is 5.92 Å². The van der Waals surface area contributed by atoms with Crippen molar-refractivity contribution in [2.24, 2.45) is 10.9 Å². The van der Waals surface area contributed by atoms with E-state index in [1.165, 1.54) is 0 Å². The summed E-state index contributed by atoms with van der Waals surface area (Å²) in [7, 11) is 1.58. The lowest BCUT2D eigenvalue weighted by atomic mass is 9.99. The molecule has 0 aromatic heterocycles. The Morgan fingerprint density at radius 3 is 2.76 bits per heavy atom. The summed E-state index contributed by atoms with van der Waals surface area (Å²) in [5.74, 6) is -0.818. The highest BCUT2D eigenvalue weighted by atomic mass is 16.5. The molecule has 1 fully saturated rings. The average Bonchev–Trinajstić information content (AvgIpc) is 2.94. The molecule has 1 aliphatic heterocycles. The van der Waals surface area contributed by atoms with Crippen molar-refractivity contribution in [3.8, 4) is 5.75 Å². The van der Waals surface area contributed by atoms with Gasteiger partial charge in [-0.2, -0.15) is 0 Å². The van der Waals surface area contributed by atoms with Crippen LogP contribution in [0.25, 0.3) is 0 Å². The quantitative estimate of drug-likeness (QED) is 0.866. The van der Waals surface area contributed by atoms with Gasteiger partial charge in [0, 0.05) is 11.4 Å². The lowest BCUT2D eigenvalue weighted by Gasteiger charge is -2.16. The number of nitrogens with one attached hydrogen (secondary N) is 1. The van der Waals surface area contributed by atoms with Gasteiger partial charge in [0.15, 0.2) is 0 Å². The zero-order chi connectivity index (χ0) is 14.8. The first-order valence-corrected chi connectivity index (χ1v) is 6.95. The van der Waals surface area contributed by atoms with Gasteiger partial charge in [0.05, 0.1) is 7.11 Å². The first-order valence-electron chi connectivity index (χ1n) is 6.95. The molecular weight excluding hydrogens is 268 g/mol. The lowest BCUT2D eigenvalue weighted by molar-refractivity contribution is -0.128. The van der Waals surface area contributed by atoms with Gasteiger partial charge in [-0.1, -0.05) is 6.08 Å². The fraction of sp³-hybridized carbons (Fsp3) is 0.312. The summed E-state index contributed by atoms with van der Waals surface area (Å²) in [6.45, 7) is 0. The lowest BCUT2D eigenvalue weighted by Crippen LogP contribution is -2.30. The van der Waals surface area contributed by atoms with Crippen LogP contribution in [0.1, 0.15) is 19.3 Å². The maximum Gasteiger partial charge on any atom is 0.262 e. The van der Waals surface area contributed by atoms with Crippen molar-refractivity contribution in [3.05, 3.63) is 35.9 Å². The molecule has 108 valence electrons. The SMILES string of the molecule is COc1ccc(NC(=O)C2C=C3CCCC3=NC2=O)cc1. The van der Waals surface area contributed by atoms with Crippen LogP contribution >= 0.6 is 0 Å². The number of carbonyl (C=O) groups excluding carboxylic acids is 2. The van der Waals surface area contributed by atoms with Crippen molar-refractivity contribution in [2.45, 2.75) is 19.3 Å². The summed E-state index contributed by atoms with van der Waals surface area (Å²) in [6.07, 6.45) is 4.50. The summed E-state index contributed by atoms with van der Waals surface area (Å²) in [5, 5.41) is 2.74. The number of carbonyl (C=O) groups is 2. The number of benzene rings is 1. The van der Waals surface area contributed by atoms with E-state index in [2.05, 4.69) is 10.3 Å². The number of hydrogen-bond acceptors (Lipinski definition) is 3. The van der Waals surface area contributed by atoms with Gasteiger partial charge in [0.2, 0.25) is 5.91 Å². The number of allylic oxidation sites excluding steroid dienone is 1. The van der Waals surface area contributed by atoms with Gasteiger partial charge in [-0.25, -0.2) is 4.99 Å². The van der Waals surface area contributed by atoms with Crippen LogP contribution in [0.15, 0.2) is 40.9 Å². The molecule has 2 amide bonds. The maximum absolute atomic E-state index is 12.2. The standard InChI is InChI=1S/C16H16N2O3/c1-21-12-7-5-11(6-8-12)17-15(19)13-9-10-3-2-4-14(10)18-16(13)20/h5-9,13H,2-4H2,1H3,(H,17,19). The zero-order valence-corrected chi connectivity index (χ0v) is 11.8. The molecule has 1 N–H and O–H groups in total. The highest BCUT2D eigenvalue weighted by Crippen LogP contribution is 2.28. The minimum Gasteiger partial charge on any atom is -0.497 e. The Labute approximate surface area is 122 Å². The van der Waals surface area contributed by atoms with E-state index in [4.69, 9.17) is 4.74 Å². The van der Waals surface area contributed by atoms with Crippen LogP contribution in [-0.4, -0.2) is 24.6 Å². The number of amides is 2. The fourth-order valence-electron chi connectivity index (χ4n) is 2.62. The monoisotopic (exact) mass is 284 g/mol. The summed E-state index contributed by atoms with van der Waals surface area (Å²) >= 11 is 0. The number of rotatable bonds is 3. The third-order valence-corrected chi connectivity index (χ3v) is 3.75. The van der Waals surface area contributed by atoms with Gasteiger partial charge in [-0.05, 0) is 49.1 Å². The van der Waals surface area contributed by atoms with Gasteiger partial charge in [0.25, 0.3) is 5.91 Å². The number of hydrogen-bond donors (Lipinski definition) is 1. The number of fused-ring (bicyclic) bond motifs is 1.